The molecule has 0 aliphatic heterocycles. The molecule has 0 atom stereocenters. The number of hydrogen-bond donors (Lipinski definition) is 1. The van der Waals surface area contributed by atoms with Gasteiger partial charge in [-0.05, 0) is 30.3 Å². The lowest BCUT2D eigenvalue weighted by molar-refractivity contribution is 0.146. The zero-order valence-electron chi connectivity index (χ0n) is 14.1. The van der Waals surface area contributed by atoms with Gasteiger partial charge < -0.3 is 4.74 Å². The molecular weight excluding hydrogens is 375 g/mol. The highest BCUT2D eigenvalue weighted by Gasteiger charge is 2.15. The molecule has 0 radical (unpaired) electrons. The summed E-state index contributed by atoms with van der Waals surface area (Å²) in [6, 6.07) is 6.90. The monoisotopic (exact) mass is 387 g/mol. The van der Waals surface area contributed by atoms with Crippen LogP contribution in [-0.2, 0) is 6.61 Å². The van der Waals surface area contributed by atoms with E-state index in [0.29, 0.717) is 17.1 Å². The van der Waals surface area contributed by atoms with Crippen LogP contribution in [0, 0.1) is 5.82 Å². The minimum Gasteiger partial charge on any atom is -0.457 e. The molecular formula is C17H12F3N7O. The number of nitrogens with one attached hydrogen (secondary N) is 1. The molecule has 4 aromatic rings. The molecule has 8 nitrogen and oxygen atoms in total. The maximum atomic E-state index is 13.4. The number of H-pyrrole nitrogens is 1. The highest BCUT2D eigenvalue weighted by atomic mass is 19.3. The first-order chi connectivity index (χ1) is 13.6. The quantitative estimate of drug-likeness (QED) is 0.546. The Bertz CT molecular complexity index is 1080. The van der Waals surface area contributed by atoms with Crippen LogP contribution in [0.25, 0.3) is 17.1 Å². The van der Waals surface area contributed by atoms with Crippen LogP contribution in [-0.4, -0.2) is 35.2 Å². The summed E-state index contributed by atoms with van der Waals surface area (Å²) >= 11 is 0. The number of aromatic amines is 1. The SMILES string of the molecule is Fc1ccc(-n2cc(COc3nccc(-c4ccn[nH]4)n3)nn2)cc1C(F)F. The minimum atomic E-state index is -2.93. The summed E-state index contributed by atoms with van der Waals surface area (Å²) in [6.45, 7) is 0.00925. The summed E-state index contributed by atoms with van der Waals surface area (Å²) in [7, 11) is 0. The highest BCUT2D eigenvalue weighted by molar-refractivity contribution is 5.52. The molecule has 1 aromatic carbocycles. The van der Waals surface area contributed by atoms with E-state index in [9.17, 15) is 13.2 Å². The Morgan fingerprint density at radius 3 is 2.82 bits per heavy atom. The maximum Gasteiger partial charge on any atom is 0.317 e. The number of ether oxygens (including phenoxy) is 1. The van der Waals surface area contributed by atoms with Crippen LogP contribution in [0.2, 0.25) is 0 Å². The van der Waals surface area contributed by atoms with E-state index in [-0.39, 0.29) is 18.3 Å². The van der Waals surface area contributed by atoms with E-state index >= 15 is 0 Å². The predicted molar refractivity (Wildman–Crippen MR) is 90.2 cm³/mol. The Hall–Kier alpha value is -3.76. The topological polar surface area (TPSA) is 94.4 Å². The lowest BCUT2D eigenvalue weighted by Crippen LogP contribution is -2.00. The van der Waals surface area contributed by atoms with Gasteiger partial charge in [-0.2, -0.15) is 10.1 Å². The third kappa shape index (κ3) is 3.68. The van der Waals surface area contributed by atoms with E-state index in [2.05, 4.69) is 30.5 Å². The molecule has 0 spiro atoms. The van der Waals surface area contributed by atoms with Gasteiger partial charge in [0.25, 0.3) is 6.43 Å². The second kappa shape index (κ2) is 7.47. The largest absolute Gasteiger partial charge is 0.457 e. The van der Waals surface area contributed by atoms with Crippen LogP contribution < -0.4 is 4.74 Å². The van der Waals surface area contributed by atoms with Gasteiger partial charge in [-0.1, -0.05) is 5.21 Å². The lowest BCUT2D eigenvalue weighted by atomic mass is 10.2. The highest BCUT2D eigenvalue weighted by Crippen LogP contribution is 2.24. The van der Waals surface area contributed by atoms with Crippen molar-refractivity contribution in [1.29, 1.82) is 0 Å². The Balaban J connectivity index is 1.47. The van der Waals surface area contributed by atoms with Crippen LogP contribution >= 0.6 is 0 Å². The molecule has 0 unspecified atom stereocenters. The van der Waals surface area contributed by atoms with Gasteiger partial charge in [-0.25, -0.2) is 22.8 Å². The molecule has 1 N–H and O–H groups in total. The smallest absolute Gasteiger partial charge is 0.317 e. The first-order valence-electron chi connectivity index (χ1n) is 8.05. The molecule has 0 fully saturated rings. The molecule has 0 bridgehead atoms. The fraction of sp³-hybridized carbons (Fsp3) is 0.118. The van der Waals surface area contributed by atoms with Gasteiger partial charge in [-0.3, -0.25) is 5.10 Å². The standard InChI is InChI=1S/C17H12F3N7O/c18-13-2-1-11(7-12(13)16(19)20)27-8-10(24-26-27)9-28-17-21-5-3-14(23-17)15-4-6-22-25-15/h1-8,16H,9H2,(H,22,25). The fourth-order valence-corrected chi connectivity index (χ4v) is 2.43. The normalized spacial score (nSPS) is 11.1. The van der Waals surface area contributed by atoms with Crippen molar-refractivity contribution >= 4 is 0 Å². The number of aromatic nitrogens is 7. The van der Waals surface area contributed by atoms with E-state index in [4.69, 9.17) is 4.74 Å². The molecule has 0 aliphatic carbocycles. The molecule has 3 aromatic heterocycles. The summed E-state index contributed by atoms with van der Waals surface area (Å²) in [5.41, 5.74) is 1.29. The van der Waals surface area contributed by atoms with Gasteiger partial charge in [-0.15, -0.1) is 5.10 Å². The summed E-state index contributed by atoms with van der Waals surface area (Å²) in [5.74, 6) is -0.975. The summed E-state index contributed by atoms with van der Waals surface area (Å²) < 4.78 is 45.9. The predicted octanol–water partition coefficient (Wildman–Crippen LogP) is 3.10. The van der Waals surface area contributed by atoms with Gasteiger partial charge in [0, 0.05) is 12.4 Å². The van der Waals surface area contributed by atoms with E-state index in [1.165, 1.54) is 16.9 Å². The van der Waals surface area contributed by atoms with Crippen molar-refractivity contribution < 1.29 is 17.9 Å². The van der Waals surface area contributed by atoms with Crippen molar-refractivity contribution in [2.75, 3.05) is 0 Å². The molecule has 0 saturated heterocycles. The van der Waals surface area contributed by atoms with Gasteiger partial charge in [0.2, 0.25) is 0 Å². The Morgan fingerprint density at radius 2 is 2.04 bits per heavy atom. The Morgan fingerprint density at radius 1 is 1.14 bits per heavy atom. The molecule has 11 heteroatoms. The van der Waals surface area contributed by atoms with Crippen molar-refractivity contribution in [1.82, 2.24) is 35.2 Å². The van der Waals surface area contributed by atoms with Gasteiger partial charge in [0.05, 0.1) is 28.8 Å². The third-order valence-electron chi connectivity index (χ3n) is 3.78. The molecule has 142 valence electrons. The fourth-order valence-electron chi connectivity index (χ4n) is 2.43. The van der Waals surface area contributed by atoms with Crippen molar-refractivity contribution in [3.05, 3.63) is 66.0 Å². The number of benzene rings is 1. The van der Waals surface area contributed by atoms with Gasteiger partial charge >= 0.3 is 6.01 Å². The number of alkyl halides is 2. The van der Waals surface area contributed by atoms with Crippen molar-refractivity contribution in [2.24, 2.45) is 0 Å². The summed E-state index contributed by atoms with van der Waals surface area (Å²) in [6.07, 6.45) is 1.71. The van der Waals surface area contributed by atoms with Gasteiger partial charge in [0.15, 0.2) is 0 Å². The van der Waals surface area contributed by atoms with Crippen molar-refractivity contribution in [2.45, 2.75) is 13.0 Å². The molecule has 0 saturated carbocycles. The van der Waals surface area contributed by atoms with Crippen LogP contribution in [0.5, 0.6) is 6.01 Å². The van der Waals surface area contributed by atoms with Crippen LogP contribution in [0.1, 0.15) is 17.7 Å². The first kappa shape index (κ1) is 17.6. The van der Waals surface area contributed by atoms with Crippen molar-refractivity contribution in [3.8, 4) is 23.1 Å². The van der Waals surface area contributed by atoms with Crippen LogP contribution in [0.3, 0.4) is 0 Å². The Labute approximate surface area is 156 Å². The summed E-state index contributed by atoms with van der Waals surface area (Å²) in [4.78, 5) is 8.27. The Kier molecular flexibility index (Phi) is 4.70. The first-order valence-corrected chi connectivity index (χ1v) is 8.05. The third-order valence-corrected chi connectivity index (χ3v) is 3.78. The van der Waals surface area contributed by atoms with Gasteiger partial charge in [0.1, 0.15) is 18.1 Å². The van der Waals surface area contributed by atoms with Crippen LogP contribution in [0.15, 0.2) is 48.9 Å². The molecule has 4 rings (SSSR count). The van der Waals surface area contributed by atoms with E-state index in [1.54, 1.807) is 24.5 Å². The van der Waals surface area contributed by atoms with Crippen LogP contribution in [0.4, 0.5) is 13.2 Å². The number of hydrogen-bond acceptors (Lipinski definition) is 6. The maximum absolute atomic E-state index is 13.4. The number of rotatable bonds is 6. The molecule has 28 heavy (non-hydrogen) atoms. The average Bonchev–Trinajstić information content (AvgIpc) is 3.39. The molecule has 0 amide bonds. The molecule has 3 heterocycles. The number of nitrogens with zero attached hydrogens (tertiary/aromatic N) is 6. The molecule has 0 aliphatic rings. The summed E-state index contributed by atoms with van der Waals surface area (Å²) in [5, 5.41) is 14.4. The van der Waals surface area contributed by atoms with E-state index < -0.39 is 17.8 Å². The average molecular weight is 387 g/mol. The second-order valence-corrected chi connectivity index (χ2v) is 5.64. The number of halogens is 3. The van der Waals surface area contributed by atoms with Crippen molar-refractivity contribution in [3.63, 3.8) is 0 Å². The minimum absolute atomic E-state index is 0.00925. The lowest BCUT2D eigenvalue weighted by Gasteiger charge is -2.05. The van der Waals surface area contributed by atoms with E-state index in [1.807, 2.05) is 0 Å². The van der Waals surface area contributed by atoms with E-state index in [0.717, 1.165) is 12.1 Å². The zero-order valence-corrected chi connectivity index (χ0v) is 14.1. The second-order valence-electron chi connectivity index (χ2n) is 5.64. The zero-order chi connectivity index (χ0) is 19.5.